The molecule has 0 aliphatic heterocycles. The average molecular weight is 736 g/mol. The minimum Gasteiger partial charge on any atom is -0.756 e. The molecule has 0 amide bonds. The quantitative estimate of drug-likeness (QED) is 0.0210. The highest BCUT2D eigenvalue weighted by molar-refractivity contribution is 7.45. The number of hydrogen-bond donors (Lipinski definition) is 0. The summed E-state index contributed by atoms with van der Waals surface area (Å²) in [5.41, 5.74) is 0. The van der Waals surface area contributed by atoms with Gasteiger partial charge in [-0.15, -0.1) is 0 Å². The van der Waals surface area contributed by atoms with Crippen molar-refractivity contribution in [3.05, 3.63) is 72.9 Å². The largest absolute Gasteiger partial charge is 0.756 e. The summed E-state index contributed by atoms with van der Waals surface area (Å²) in [6.45, 7) is 5.17. The number of hydrogen-bond acceptors (Lipinski definition) is 7. The van der Waals surface area contributed by atoms with Gasteiger partial charge < -0.3 is 27.9 Å². The maximum Gasteiger partial charge on any atom is 0.306 e. The lowest BCUT2D eigenvalue weighted by Gasteiger charge is -2.28. The van der Waals surface area contributed by atoms with Crippen LogP contribution in [0, 0.1) is 0 Å². The maximum atomic E-state index is 12.6. The van der Waals surface area contributed by atoms with Gasteiger partial charge in [0.25, 0.3) is 7.82 Å². The fraction of sp³-hybridized carbons (Fsp3) is 0.690. The van der Waals surface area contributed by atoms with E-state index in [4.69, 9.17) is 18.5 Å². The van der Waals surface area contributed by atoms with Crippen molar-refractivity contribution >= 4 is 13.8 Å². The SMILES string of the molecule is CC/C=C\C/C=C\C/C=C\C/C=C\C/C=C\C/C=C\CCCCCCC(=O)OC(COCCCCCCCC)COP(=O)([O-])OCC[N+](C)(C)C. The van der Waals surface area contributed by atoms with Gasteiger partial charge in [0.2, 0.25) is 0 Å². The first-order chi connectivity index (χ1) is 24.6. The Balaban J connectivity index is 4.21. The van der Waals surface area contributed by atoms with Crippen LogP contribution in [0.4, 0.5) is 0 Å². The zero-order chi connectivity index (χ0) is 37.7. The minimum absolute atomic E-state index is 0.0172. The molecule has 294 valence electrons. The van der Waals surface area contributed by atoms with Gasteiger partial charge in [0.1, 0.15) is 19.3 Å². The van der Waals surface area contributed by atoms with Gasteiger partial charge in [-0.2, -0.15) is 0 Å². The molecule has 0 saturated carbocycles. The highest BCUT2D eigenvalue weighted by Gasteiger charge is 2.20. The van der Waals surface area contributed by atoms with E-state index >= 15 is 0 Å². The summed E-state index contributed by atoms with van der Waals surface area (Å²) in [5.74, 6) is -0.365. The van der Waals surface area contributed by atoms with Gasteiger partial charge in [-0.3, -0.25) is 9.36 Å². The van der Waals surface area contributed by atoms with Crippen LogP contribution in [-0.2, 0) is 27.9 Å². The van der Waals surface area contributed by atoms with E-state index in [1.54, 1.807) is 0 Å². The van der Waals surface area contributed by atoms with Gasteiger partial charge in [-0.05, 0) is 64.2 Å². The van der Waals surface area contributed by atoms with Gasteiger partial charge in [-0.25, -0.2) is 0 Å². The maximum absolute atomic E-state index is 12.6. The van der Waals surface area contributed by atoms with E-state index in [1.807, 2.05) is 21.1 Å². The number of carbonyl (C=O) groups is 1. The van der Waals surface area contributed by atoms with Gasteiger partial charge >= 0.3 is 5.97 Å². The van der Waals surface area contributed by atoms with Crippen molar-refractivity contribution in [2.75, 3.05) is 54.1 Å². The number of phosphoric ester groups is 1. The zero-order valence-corrected chi connectivity index (χ0v) is 33.9. The number of nitrogens with zero attached hydrogens (tertiary/aromatic N) is 1. The summed E-state index contributed by atoms with van der Waals surface area (Å²) < 4.78 is 34.2. The van der Waals surface area contributed by atoms with Crippen LogP contribution < -0.4 is 4.89 Å². The van der Waals surface area contributed by atoms with Gasteiger partial charge in [-0.1, -0.05) is 132 Å². The summed E-state index contributed by atoms with van der Waals surface area (Å²) in [6.07, 6.45) is 43.6. The Morgan fingerprint density at radius 1 is 0.627 bits per heavy atom. The Morgan fingerprint density at radius 2 is 1.14 bits per heavy atom. The third kappa shape index (κ3) is 39.0. The molecule has 2 unspecified atom stereocenters. The smallest absolute Gasteiger partial charge is 0.306 e. The van der Waals surface area contributed by atoms with E-state index in [9.17, 15) is 14.3 Å². The number of ether oxygens (including phenoxy) is 2. The predicted octanol–water partition coefficient (Wildman–Crippen LogP) is 10.5. The van der Waals surface area contributed by atoms with Crippen LogP contribution in [-0.4, -0.2) is 70.7 Å². The Labute approximate surface area is 312 Å². The lowest BCUT2D eigenvalue weighted by Crippen LogP contribution is -2.37. The standard InChI is InChI=1S/C42H74NO7P/c1-6-8-10-12-14-15-16-17-18-19-20-21-22-23-24-25-26-27-28-29-30-31-33-35-42(44)50-41(39-47-37-34-32-13-11-9-7-2)40-49-51(45,46)48-38-36-43(3,4)5/h8,10,14-15,17-18,20-21,23-24,26-27,41H,6-7,9,11-13,16,19,22,25,28-40H2,1-5H3/b10-8-,15-14-,18-17-,21-20-,24-23-,27-26-. The third-order valence-electron chi connectivity index (χ3n) is 7.77. The first-order valence-electron chi connectivity index (χ1n) is 19.7. The second-order valence-electron chi connectivity index (χ2n) is 13.9. The molecule has 0 aromatic rings. The average Bonchev–Trinajstić information content (AvgIpc) is 3.08. The number of likely N-dealkylation sites (N-methyl/N-ethyl adjacent to an activating group) is 1. The Hall–Kier alpha value is -2.06. The van der Waals surface area contributed by atoms with Crippen LogP contribution in [0.25, 0.3) is 0 Å². The molecule has 0 saturated heterocycles. The normalized spacial score (nSPS) is 14.7. The van der Waals surface area contributed by atoms with Gasteiger partial charge in [0.05, 0.1) is 34.4 Å². The van der Waals surface area contributed by atoms with E-state index in [2.05, 4.69) is 86.8 Å². The predicted molar refractivity (Wildman–Crippen MR) is 212 cm³/mol. The fourth-order valence-corrected chi connectivity index (χ4v) is 5.45. The highest BCUT2D eigenvalue weighted by Crippen LogP contribution is 2.38. The van der Waals surface area contributed by atoms with Crippen molar-refractivity contribution in [2.45, 2.75) is 136 Å². The molecule has 0 aliphatic carbocycles. The molecule has 9 heteroatoms. The summed E-state index contributed by atoms with van der Waals surface area (Å²) in [6, 6.07) is 0. The van der Waals surface area contributed by atoms with Crippen LogP contribution in [0.15, 0.2) is 72.9 Å². The second-order valence-corrected chi connectivity index (χ2v) is 15.3. The summed E-state index contributed by atoms with van der Waals surface area (Å²) in [5, 5.41) is 0. The Bertz CT molecular complexity index is 1040. The number of quaternary nitrogens is 1. The fourth-order valence-electron chi connectivity index (χ4n) is 4.72. The van der Waals surface area contributed by atoms with Crippen LogP contribution in [0.1, 0.15) is 129 Å². The molecule has 0 aliphatic rings. The first-order valence-corrected chi connectivity index (χ1v) is 21.1. The van der Waals surface area contributed by atoms with Gasteiger partial charge in [0.15, 0.2) is 0 Å². The number of phosphoric acid groups is 1. The molecule has 0 fully saturated rings. The molecule has 0 N–H and O–H groups in total. The molecule has 0 bridgehead atoms. The minimum atomic E-state index is -4.52. The summed E-state index contributed by atoms with van der Waals surface area (Å²) >= 11 is 0. The van der Waals surface area contributed by atoms with Crippen molar-refractivity contribution in [1.82, 2.24) is 0 Å². The number of carbonyl (C=O) groups excluding carboxylic acids is 1. The first kappa shape index (κ1) is 48.9. The van der Waals surface area contributed by atoms with E-state index in [0.717, 1.165) is 83.5 Å². The molecule has 0 aromatic heterocycles. The van der Waals surface area contributed by atoms with Crippen molar-refractivity contribution in [3.63, 3.8) is 0 Å². The number of rotatable bonds is 35. The Kier molecular flexibility index (Phi) is 33.6. The lowest BCUT2D eigenvalue weighted by molar-refractivity contribution is -0.870. The topological polar surface area (TPSA) is 94.1 Å². The van der Waals surface area contributed by atoms with E-state index in [-0.39, 0.29) is 32.2 Å². The highest BCUT2D eigenvalue weighted by atomic mass is 31.2. The number of esters is 1. The number of unbranched alkanes of at least 4 members (excludes halogenated alkanes) is 9. The molecule has 0 aromatic carbocycles. The lowest BCUT2D eigenvalue weighted by atomic mass is 10.1. The second kappa shape index (κ2) is 35.0. The Morgan fingerprint density at radius 3 is 1.71 bits per heavy atom. The molecule has 0 rings (SSSR count). The molecule has 0 radical (unpaired) electrons. The van der Waals surface area contributed by atoms with Crippen LogP contribution in [0.2, 0.25) is 0 Å². The summed E-state index contributed by atoms with van der Waals surface area (Å²) in [4.78, 5) is 24.8. The van der Waals surface area contributed by atoms with Crippen molar-refractivity contribution < 1.29 is 37.3 Å². The van der Waals surface area contributed by atoms with Crippen LogP contribution >= 0.6 is 7.82 Å². The molecule has 0 heterocycles. The monoisotopic (exact) mass is 736 g/mol. The van der Waals surface area contributed by atoms with E-state index < -0.39 is 13.9 Å². The van der Waals surface area contributed by atoms with Crippen LogP contribution in [0.3, 0.4) is 0 Å². The number of allylic oxidation sites excluding steroid dienone is 12. The molecule has 51 heavy (non-hydrogen) atoms. The van der Waals surface area contributed by atoms with Crippen molar-refractivity contribution in [2.24, 2.45) is 0 Å². The van der Waals surface area contributed by atoms with Crippen molar-refractivity contribution in [1.29, 1.82) is 0 Å². The third-order valence-corrected chi connectivity index (χ3v) is 8.74. The molecule has 0 spiro atoms. The molecular weight excluding hydrogens is 661 g/mol. The zero-order valence-electron chi connectivity index (χ0n) is 33.0. The molecule has 8 nitrogen and oxygen atoms in total. The molecular formula is C42H74NO7P. The van der Waals surface area contributed by atoms with E-state index in [0.29, 0.717) is 17.6 Å². The van der Waals surface area contributed by atoms with Crippen LogP contribution in [0.5, 0.6) is 0 Å². The molecule has 2 atom stereocenters. The summed E-state index contributed by atoms with van der Waals surface area (Å²) in [7, 11) is 1.32. The van der Waals surface area contributed by atoms with Crippen molar-refractivity contribution in [3.8, 4) is 0 Å². The van der Waals surface area contributed by atoms with E-state index in [1.165, 1.54) is 25.7 Å². The van der Waals surface area contributed by atoms with Gasteiger partial charge in [0, 0.05) is 13.0 Å².